The van der Waals surface area contributed by atoms with E-state index in [1.807, 2.05) is 6.07 Å². The number of hydrogen-bond acceptors (Lipinski definition) is 4. The average Bonchev–Trinajstić information content (AvgIpc) is 2.88. The normalized spacial score (nSPS) is 20.4. The maximum atomic E-state index is 12.9. The summed E-state index contributed by atoms with van der Waals surface area (Å²) < 4.78 is 27.1. The number of nitrogens with zero attached hydrogens (tertiary/aromatic N) is 2. The van der Waals surface area contributed by atoms with Gasteiger partial charge in [-0.1, -0.05) is 12.1 Å². The predicted molar refractivity (Wildman–Crippen MR) is 79.1 cm³/mol. The molecule has 1 aliphatic rings. The fourth-order valence-corrected chi connectivity index (χ4v) is 4.89. The maximum Gasteiger partial charge on any atom is 0.244 e. The summed E-state index contributed by atoms with van der Waals surface area (Å²) in [4.78, 5) is 0.0288. The Morgan fingerprint density at radius 3 is 2.67 bits per heavy atom. The standard InChI is InChI=1S/C15H20N2O3S/c1-11-6-4-7-13(12(11)10-16)21(19,20)17-9-5-8-14(17)15(2,3)18/h4,6-7,14,18H,5,8-9H2,1-3H3. The lowest BCUT2D eigenvalue weighted by Crippen LogP contribution is -2.48. The molecule has 1 heterocycles. The zero-order valence-electron chi connectivity index (χ0n) is 12.5. The van der Waals surface area contributed by atoms with Crippen molar-refractivity contribution >= 4 is 10.0 Å². The van der Waals surface area contributed by atoms with Crippen molar-refractivity contribution in [2.24, 2.45) is 0 Å². The van der Waals surface area contributed by atoms with Crippen molar-refractivity contribution < 1.29 is 13.5 Å². The van der Waals surface area contributed by atoms with Crippen LogP contribution < -0.4 is 0 Å². The Kier molecular flexibility index (Phi) is 4.11. The molecule has 0 amide bonds. The molecule has 0 aromatic heterocycles. The van der Waals surface area contributed by atoms with Crippen LogP contribution in [0.2, 0.25) is 0 Å². The molecular formula is C15H20N2O3S. The highest BCUT2D eigenvalue weighted by Gasteiger charge is 2.43. The minimum Gasteiger partial charge on any atom is -0.389 e. The van der Waals surface area contributed by atoms with Gasteiger partial charge >= 0.3 is 0 Å². The third-order valence-electron chi connectivity index (χ3n) is 3.95. The van der Waals surface area contributed by atoms with E-state index < -0.39 is 21.7 Å². The van der Waals surface area contributed by atoms with E-state index in [-0.39, 0.29) is 10.5 Å². The first-order valence-corrected chi connectivity index (χ1v) is 8.37. The Labute approximate surface area is 125 Å². The molecule has 21 heavy (non-hydrogen) atoms. The van der Waals surface area contributed by atoms with Crippen LogP contribution in [0.15, 0.2) is 23.1 Å². The number of rotatable bonds is 3. The van der Waals surface area contributed by atoms with E-state index in [2.05, 4.69) is 0 Å². The van der Waals surface area contributed by atoms with E-state index in [9.17, 15) is 18.8 Å². The Morgan fingerprint density at radius 1 is 1.43 bits per heavy atom. The summed E-state index contributed by atoms with van der Waals surface area (Å²) in [5, 5.41) is 19.5. The minimum absolute atomic E-state index is 0.0288. The average molecular weight is 308 g/mol. The minimum atomic E-state index is -3.79. The SMILES string of the molecule is Cc1cccc(S(=O)(=O)N2CCCC2C(C)(C)O)c1C#N. The van der Waals surface area contributed by atoms with Gasteiger partial charge in [0.1, 0.15) is 11.0 Å². The van der Waals surface area contributed by atoms with Crippen LogP contribution in [0.25, 0.3) is 0 Å². The molecule has 0 bridgehead atoms. The van der Waals surface area contributed by atoms with E-state index >= 15 is 0 Å². The summed E-state index contributed by atoms with van der Waals surface area (Å²) in [6.45, 7) is 5.32. The molecule has 1 N–H and O–H groups in total. The van der Waals surface area contributed by atoms with Crippen molar-refractivity contribution in [3.63, 3.8) is 0 Å². The van der Waals surface area contributed by atoms with Gasteiger partial charge in [0, 0.05) is 6.54 Å². The predicted octanol–water partition coefficient (Wildman–Crippen LogP) is 1.79. The number of benzene rings is 1. The molecule has 1 aromatic carbocycles. The van der Waals surface area contributed by atoms with E-state index in [1.54, 1.807) is 32.9 Å². The van der Waals surface area contributed by atoms with Gasteiger partial charge in [0.05, 0.1) is 17.2 Å². The number of hydrogen-bond donors (Lipinski definition) is 1. The first-order valence-electron chi connectivity index (χ1n) is 6.93. The van der Waals surface area contributed by atoms with E-state index in [0.29, 0.717) is 24.9 Å². The molecule has 1 aromatic rings. The van der Waals surface area contributed by atoms with E-state index in [0.717, 1.165) is 0 Å². The van der Waals surface area contributed by atoms with Gasteiger partial charge in [0.15, 0.2) is 0 Å². The molecule has 0 spiro atoms. The van der Waals surface area contributed by atoms with Crippen molar-refractivity contribution in [1.29, 1.82) is 5.26 Å². The van der Waals surface area contributed by atoms with Crippen LogP contribution in [0.1, 0.15) is 37.8 Å². The Hall–Kier alpha value is -1.42. The summed E-state index contributed by atoms with van der Waals surface area (Å²) in [6, 6.07) is 6.33. The molecule has 2 rings (SSSR count). The zero-order valence-corrected chi connectivity index (χ0v) is 13.3. The summed E-state index contributed by atoms with van der Waals surface area (Å²) in [5.74, 6) is 0. The Morgan fingerprint density at radius 2 is 2.10 bits per heavy atom. The molecule has 1 atom stereocenters. The number of nitriles is 1. The molecule has 1 fully saturated rings. The maximum absolute atomic E-state index is 12.9. The van der Waals surface area contributed by atoms with Crippen LogP contribution >= 0.6 is 0 Å². The lowest BCUT2D eigenvalue weighted by molar-refractivity contribution is 0.0215. The molecule has 0 saturated carbocycles. The van der Waals surface area contributed by atoms with Gasteiger partial charge < -0.3 is 5.11 Å². The molecule has 0 aliphatic carbocycles. The van der Waals surface area contributed by atoms with Gasteiger partial charge in [-0.2, -0.15) is 9.57 Å². The highest BCUT2D eigenvalue weighted by Crippen LogP contribution is 2.33. The van der Waals surface area contributed by atoms with Crippen LogP contribution in [-0.4, -0.2) is 36.0 Å². The second kappa shape index (κ2) is 5.41. The van der Waals surface area contributed by atoms with Gasteiger partial charge in [0.25, 0.3) is 0 Å². The number of aryl methyl sites for hydroxylation is 1. The Bertz CT molecular complexity index is 684. The zero-order chi connectivity index (χ0) is 15.8. The van der Waals surface area contributed by atoms with Crippen LogP contribution in [0.4, 0.5) is 0 Å². The first-order chi connectivity index (χ1) is 9.69. The number of aliphatic hydroxyl groups is 1. The first kappa shape index (κ1) is 16.0. The van der Waals surface area contributed by atoms with Crippen LogP contribution in [0, 0.1) is 18.3 Å². The van der Waals surface area contributed by atoms with Gasteiger partial charge in [-0.3, -0.25) is 0 Å². The second-order valence-corrected chi connectivity index (χ2v) is 7.85. The van der Waals surface area contributed by atoms with Gasteiger partial charge in [-0.15, -0.1) is 0 Å². The second-order valence-electron chi connectivity index (χ2n) is 5.99. The topological polar surface area (TPSA) is 81.4 Å². The molecule has 114 valence electrons. The number of sulfonamides is 1. The largest absolute Gasteiger partial charge is 0.389 e. The summed E-state index contributed by atoms with van der Waals surface area (Å²) in [6.07, 6.45) is 1.33. The van der Waals surface area contributed by atoms with E-state index in [1.165, 1.54) is 10.4 Å². The van der Waals surface area contributed by atoms with Crippen molar-refractivity contribution in [1.82, 2.24) is 4.31 Å². The molecule has 1 aliphatic heterocycles. The highest BCUT2D eigenvalue weighted by atomic mass is 32.2. The monoisotopic (exact) mass is 308 g/mol. The molecule has 1 saturated heterocycles. The van der Waals surface area contributed by atoms with Crippen molar-refractivity contribution in [2.45, 2.75) is 50.2 Å². The summed E-state index contributed by atoms with van der Waals surface area (Å²) in [7, 11) is -3.79. The highest BCUT2D eigenvalue weighted by molar-refractivity contribution is 7.89. The van der Waals surface area contributed by atoms with Gasteiger partial charge in [0.2, 0.25) is 10.0 Å². The third kappa shape index (κ3) is 2.82. The molecule has 0 radical (unpaired) electrons. The molecule has 5 nitrogen and oxygen atoms in total. The summed E-state index contributed by atoms with van der Waals surface area (Å²) in [5.41, 5.74) is -0.295. The fraction of sp³-hybridized carbons (Fsp3) is 0.533. The van der Waals surface area contributed by atoms with Crippen molar-refractivity contribution in [2.75, 3.05) is 6.54 Å². The fourth-order valence-electron chi connectivity index (χ4n) is 2.86. The third-order valence-corrected chi connectivity index (χ3v) is 5.90. The lowest BCUT2D eigenvalue weighted by Gasteiger charge is -2.33. The lowest BCUT2D eigenvalue weighted by atomic mass is 9.98. The van der Waals surface area contributed by atoms with Crippen molar-refractivity contribution in [3.8, 4) is 6.07 Å². The smallest absolute Gasteiger partial charge is 0.244 e. The quantitative estimate of drug-likeness (QED) is 0.923. The molecular weight excluding hydrogens is 288 g/mol. The van der Waals surface area contributed by atoms with Gasteiger partial charge in [-0.25, -0.2) is 8.42 Å². The van der Waals surface area contributed by atoms with Crippen LogP contribution in [0.5, 0.6) is 0 Å². The van der Waals surface area contributed by atoms with Crippen molar-refractivity contribution in [3.05, 3.63) is 29.3 Å². The van der Waals surface area contributed by atoms with Crippen LogP contribution in [-0.2, 0) is 10.0 Å². The summed E-state index contributed by atoms with van der Waals surface area (Å²) >= 11 is 0. The Balaban J connectivity index is 2.54. The van der Waals surface area contributed by atoms with Gasteiger partial charge in [-0.05, 0) is 45.2 Å². The van der Waals surface area contributed by atoms with E-state index in [4.69, 9.17) is 0 Å². The molecule has 6 heteroatoms. The van der Waals surface area contributed by atoms with Crippen LogP contribution in [0.3, 0.4) is 0 Å². The molecule has 1 unspecified atom stereocenters.